The van der Waals surface area contributed by atoms with Crippen molar-refractivity contribution < 1.29 is 0 Å². The molecule has 0 aliphatic carbocycles. The number of pyridine rings is 1. The van der Waals surface area contributed by atoms with E-state index >= 15 is 0 Å². The van der Waals surface area contributed by atoms with Crippen LogP contribution in [0.2, 0.25) is 0 Å². The summed E-state index contributed by atoms with van der Waals surface area (Å²) >= 11 is 0. The second-order valence-corrected chi connectivity index (χ2v) is 4.37. The smallest absolute Gasteiger partial charge is 0.341 e. The second-order valence-electron chi connectivity index (χ2n) is 4.37. The predicted octanol–water partition coefficient (Wildman–Crippen LogP) is 2.43. The van der Waals surface area contributed by atoms with Gasteiger partial charge in [-0.15, -0.1) is 5.92 Å². The third-order valence-electron chi connectivity index (χ3n) is 2.90. The molecule has 102 valence electrons. The molecule has 0 unspecified atom stereocenters. The number of nitrogens with one attached hydrogen (secondary N) is 2. The van der Waals surface area contributed by atoms with Gasteiger partial charge in [0, 0.05) is 17.4 Å². The highest BCUT2D eigenvalue weighted by Crippen LogP contribution is 2.21. The minimum absolute atomic E-state index is 0.410. The number of H-pyrrole nitrogens is 1. The largest absolute Gasteiger partial charge is 0.348 e. The minimum atomic E-state index is -0.437. The van der Waals surface area contributed by atoms with Gasteiger partial charge < -0.3 is 5.32 Å². The molecule has 0 atom stereocenters. The van der Waals surface area contributed by atoms with E-state index in [1.54, 1.807) is 19.2 Å². The lowest BCUT2D eigenvalue weighted by Gasteiger charge is -2.08. The zero-order chi connectivity index (χ0) is 14.7. The van der Waals surface area contributed by atoms with Gasteiger partial charge in [0.05, 0.1) is 5.39 Å². The van der Waals surface area contributed by atoms with Crippen LogP contribution < -0.4 is 11.0 Å². The Morgan fingerprint density at radius 2 is 2.14 bits per heavy atom. The van der Waals surface area contributed by atoms with Gasteiger partial charge in [-0.25, -0.2) is 9.78 Å². The van der Waals surface area contributed by atoms with Crippen LogP contribution >= 0.6 is 0 Å². The summed E-state index contributed by atoms with van der Waals surface area (Å²) in [4.78, 5) is 22.2. The summed E-state index contributed by atoms with van der Waals surface area (Å²) in [6, 6.07) is 11.3. The van der Waals surface area contributed by atoms with Gasteiger partial charge >= 0.3 is 5.69 Å². The lowest BCUT2D eigenvalue weighted by Crippen LogP contribution is -2.13. The maximum atomic E-state index is 11.6. The Hall–Kier alpha value is -3.13. The minimum Gasteiger partial charge on any atom is -0.341 e. The Kier molecular flexibility index (Phi) is 3.36. The highest BCUT2D eigenvalue weighted by molar-refractivity contribution is 5.88. The van der Waals surface area contributed by atoms with Crippen molar-refractivity contribution in [1.82, 2.24) is 15.0 Å². The van der Waals surface area contributed by atoms with E-state index in [4.69, 9.17) is 0 Å². The van der Waals surface area contributed by atoms with Crippen molar-refractivity contribution in [2.75, 3.05) is 5.32 Å². The number of aromatic nitrogens is 3. The van der Waals surface area contributed by atoms with Gasteiger partial charge in [0.25, 0.3) is 0 Å². The summed E-state index contributed by atoms with van der Waals surface area (Å²) < 4.78 is 0. The molecule has 5 heteroatoms. The Balaban J connectivity index is 2.07. The Labute approximate surface area is 121 Å². The number of hydrogen-bond acceptors (Lipinski definition) is 4. The molecule has 0 bridgehead atoms. The summed E-state index contributed by atoms with van der Waals surface area (Å²) in [5.74, 6) is 6.42. The molecule has 1 aromatic carbocycles. The standard InChI is InChI=1S/C16H12N4O/c1-2-5-11-6-3-7-12(10-11)18-15-13-8-4-9-17-14(13)19-16(21)20-15/h3-4,6-10H,1H3,(H2,17,18,19,20,21). The zero-order valence-electron chi connectivity index (χ0n) is 11.3. The van der Waals surface area contributed by atoms with Crippen LogP contribution in [-0.2, 0) is 0 Å². The molecular weight excluding hydrogens is 264 g/mol. The highest BCUT2D eigenvalue weighted by Gasteiger charge is 2.05. The van der Waals surface area contributed by atoms with Crippen molar-refractivity contribution in [3.63, 3.8) is 0 Å². The number of anilines is 2. The molecule has 0 saturated carbocycles. The SMILES string of the molecule is CC#Cc1cccc(Nc2[nH]c(=O)nc3ncccc23)c1. The van der Waals surface area contributed by atoms with Crippen molar-refractivity contribution in [3.05, 3.63) is 58.6 Å². The zero-order valence-corrected chi connectivity index (χ0v) is 11.3. The normalized spacial score (nSPS) is 9.95. The average Bonchev–Trinajstić information content (AvgIpc) is 2.48. The molecule has 2 aromatic heterocycles. The van der Waals surface area contributed by atoms with Crippen molar-refractivity contribution >= 4 is 22.5 Å². The number of aromatic amines is 1. The van der Waals surface area contributed by atoms with E-state index in [2.05, 4.69) is 32.1 Å². The molecule has 0 fully saturated rings. The summed E-state index contributed by atoms with van der Waals surface area (Å²) in [7, 11) is 0. The number of nitrogens with zero attached hydrogens (tertiary/aromatic N) is 2. The first kappa shape index (κ1) is 12.9. The van der Waals surface area contributed by atoms with Gasteiger partial charge in [-0.1, -0.05) is 12.0 Å². The third-order valence-corrected chi connectivity index (χ3v) is 2.90. The first-order valence-electron chi connectivity index (χ1n) is 6.41. The summed E-state index contributed by atoms with van der Waals surface area (Å²) in [5, 5.41) is 3.94. The van der Waals surface area contributed by atoms with Gasteiger partial charge in [0.2, 0.25) is 0 Å². The fraction of sp³-hybridized carbons (Fsp3) is 0.0625. The summed E-state index contributed by atoms with van der Waals surface area (Å²) in [6.07, 6.45) is 1.61. The van der Waals surface area contributed by atoms with Crippen molar-refractivity contribution in [2.24, 2.45) is 0 Å². The van der Waals surface area contributed by atoms with Crippen LogP contribution in [-0.4, -0.2) is 15.0 Å². The Morgan fingerprint density at radius 3 is 3.00 bits per heavy atom. The van der Waals surface area contributed by atoms with E-state index in [0.29, 0.717) is 11.5 Å². The monoisotopic (exact) mass is 276 g/mol. The summed E-state index contributed by atoms with van der Waals surface area (Å²) in [6.45, 7) is 1.79. The molecule has 2 heterocycles. The first-order valence-corrected chi connectivity index (χ1v) is 6.41. The van der Waals surface area contributed by atoms with Crippen LogP contribution in [0.1, 0.15) is 12.5 Å². The van der Waals surface area contributed by atoms with Gasteiger partial charge in [-0.2, -0.15) is 4.98 Å². The molecule has 0 radical (unpaired) electrons. The molecule has 3 aromatic rings. The van der Waals surface area contributed by atoms with E-state index in [1.807, 2.05) is 30.3 Å². The lowest BCUT2D eigenvalue weighted by atomic mass is 10.2. The molecule has 0 aliphatic heterocycles. The molecule has 0 amide bonds. The van der Waals surface area contributed by atoms with Gasteiger partial charge in [0.1, 0.15) is 5.82 Å². The quantitative estimate of drug-likeness (QED) is 0.705. The van der Waals surface area contributed by atoms with Crippen LogP contribution in [0.25, 0.3) is 11.0 Å². The van der Waals surface area contributed by atoms with Crippen molar-refractivity contribution in [2.45, 2.75) is 6.92 Å². The number of fused-ring (bicyclic) bond motifs is 1. The first-order chi connectivity index (χ1) is 10.3. The molecule has 0 saturated heterocycles. The maximum absolute atomic E-state index is 11.6. The van der Waals surface area contributed by atoms with Gasteiger partial charge in [-0.3, -0.25) is 4.98 Å². The van der Waals surface area contributed by atoms with E-state index in [9.17, 15) is 4.79 Å². The fourth-order valence-corrected chi connectivity index (χ4v) is 2.04. The average molecular weight is 276 g/mol. The van der Waals surface area contributed by atoms with Crippen LogP contribution in [0.3, 0.4) is 0 Å². The van der Waals surface area contributed by atoms with Crippen LogP contribution in [0.4, 0.5) is 11.5 Å². The maximum Gasteiger partial charge on any atom is 0.348 e. The van der Waals surface area contributed by atoms with Crippen LogP contribution in [0.15, 0.2) is 47.4 Å². The molecule has 2 N–H and O–H groups in total. The molecule has 3 rings (SSSR count). The topological polar surface area (TPSA) is 70.7 Å². The van der Waals surface area contributed by atoms with Crippen molar-refractivity contribution in [1.29, 1.82) is 0 Å². The van der Waals surface area contributed by atoms with E-state index < -0.39 is 5.69 Å². The van der Waals surface area contributed by atoms with E-state index in [1.165, 1.54) is 0 Å². The van der Waals surface area contributed by atoms with Crippen LogP contribution in [0, 0.1) is 11.8 Å². The Morgan fingerprint density at radius 1 is 1.24 bits per heavy atom. The molecule has 21 heavy (non-hydrogen) atoms. The predicted molar refractivity (Wildman–Crippen MR) is 82.4 cm³/mol. The van der Waals surface area contributed by atoms with Gasteiger partial charge in [0.15, 0.2) is 5.65 Å². The lowest BCUT2D eigenvalue weighted by molar-refractivity contribution is 1.10. The van der Waals surface area contributed by atoms with Crippen molar-refractivity contribution in [3.8, 4) is 11.8 Å². The molecule has 0 spiro atoms. The molecule has 0 aliphatic rings. The number of benzene rings is 1. The third kappa shape index (κ3) is 2.74. The number of rotatable bonds is 2. The van der Waals surface area contributed by atoms with Gasteiger partial charge in [-0.05, 0) is 37.3 Å². The Bertz CT molecular complexity index is 918. The van der Waals surface area contributed by atoms with Crippen LogP contribution in [0.5, 0.6) is 0 Å². The molecule has 5 nitrogen and oxygen atoms in total. The van der Waals surface area contributed by atoms with E-state index in [0.717, 1.165) is 16.6 Å². The van der Waals surface area contributed by atoms with E-state index in [-0.39, 0.29) is 0 Å². The molecular formula is C16H12N4O. The number of hydrogen-bond donors (Lipinski definition) is 2. The summed E-state index contributed by atoms with van der Waals surface area (Å²) in [5.41, 5.74) is 1.71. The fourth-order valence-electron chi connectivity index (χ4n) is 2.04. The second kappa shape index (κ2) is 5.47. The highest BCUT2D eigenvalue weighted by atomic mass is 16.1.